The Hall–Kier alpha value is -4.06. The maximum Gasteiger partial charge on any atom is 0.301 e. The van der Waals surface area contributed by atoms with Gasteiger partial charge in [0, 0.05) is 11.6 Å². The van der Waals surface area contributed by atoms with Gasteiger partial charge in [0.25, 0.3) is 25.9 Å². The third kappa shape index (κ3) is 4.75. The van der Waals surface area contributed by atoms with Crippen LogP contribution in [-0.4, -0.2) is 47.3 Å². The molecule has 17 heteroatoms. The van der Waals surface area contributed by atoms with Crippen LogP contribution in [0.4, 0.5) is 17.1 Å². The zero-order valence-electron chi connectivity index (χ0n) is 15.8. The molecule has 0 bridgehead atoms. The van der Waals surface area contributed by atoms with Crippen molar-refractivity contribution in [1.82, 2.24) is 0 Å². The molecule has 0 atom stereocenters. The fraction of sp³-hybridized carbons (Fsp3) is 0. The van der Waals surface area contributed by atoms with Crippen LogP contribution in [0.3, 0.4) is 0 Å². The first kappa shape index (κ1) is 23.6. The lowest BCUT2D eigenvalue weighted by Gasteiger charge is -2.16. The molecule has 0 saturated heterocycles. The Kier molecular flexibility index (Phi) is 5.81. The van der Waals surface area contributed by atoms with Crippen LogP contribution in [0.25, 0.3) is 6.08 Å². The van der Waals surface area contributed by atoms with Gasteiger partial charge in [-0.1, -0.05) is 0 Å². The molecule has 0 unspecified atom stereocenters. The van der Waals surface area contributed by atoms with E-state index in [-0.39, 0.29) is 11.1 Å². The highest BCUT2D eigenvalue weighted by molar-refractivity contribution is 7.91. The van der Waals surface area contributed by atoms with Gasteiger partial charge in [-0.3, -0.25) is 39.6 Å². The van der Waals surface area contributed by atoms with E-state index in [1.165, 1.54) is 0 Å². The fourth-order valence-electron chi connectivity index (χ4n) is 2.77. The maximum atomic E-state index is 12.8. The second-order valence-electron chi connectivity index (χ2n) is 6.32. The molecule has 2 aromatic carbocycles. The number of nitrogens with zero attached hydrogens (tertiary/aromatic N) is 3. The smallest absolute Gasteiger partial charge is 0.287 e. The number of hydrogen-bond donors (Lipinski definition) is 3. The van der Waals surface area contributed by atoms with E-state index < -0.39 is 68.4 Å². The molecule has 0 amide bonds. The first-order chi connectivity index (χ1) is 15.2. The minimum atomic E-state index is -5.11. The quantitative estimate of drug-likeness (QED) is 0.293. The van der Waals surface area contributed by atoms with E-state index in [9.17, 15) is 46.4 Å². The summed E-state index contributed by atoms with van der Waals surface area (Å²) in [5.41, 5.74) is -1.22. The molecule has 3 N–H and O–H groups in total. The van der Waals surface area contributed by atoms with Gasteiger partial charge < -0.3 is 0 Å². The molecule has 2 aromatic rings. The van der Waals surface area contributed by atoms with Gasteiger partial charge in [-0.05, 0) is 35.9 Å². The number of nitrogens with one attached hydrogen (secondary N) is 1. The van der Waals surface area contributed by atoms with Crippen LogP contribution >= 0.6 is 0 Å². The molecule has 172 valence electrons. The van der Waals surface area contributed by atoms with Gasteiger partial charge in [-0.15, -0.1) is 0 Å². The van der Waals surface area contributed by atoms with E-state index in [1.54, 1.807) is 0 Å². The van der Waals surface area contributed by atoms with Gasteiger partial charge in [0.2, 0.25) is 5.78 Å². The average Bonchev–Trinajstić information content (AvgIpc) is 2.70. The molecule has 0 radical (unpaired) electrons. The lowest BCUT2D eigenvalue weighted by atomic mass is 9.95. The number of nitro groups is 2. The number of carbonyl (C=O) groups excluding carboxylic acids is 1. The lowest BCUT2D eigenvalue weighted by molar-refractivity contribution is -0.393. The summed E-state index contributed by atoms with van der Waals surface area (Å²) in [6.07, 6.45) is 0.714. The average molecular weight is 498 g/mol. The molecule has 0 aromatic heterocycles. The summed E-state index contributed by atoms with van der Waals surface area (Å²) in [5.74, 6) is -1.11. The molecule has 0 fully saturated rings. The number of rotatable bonds is 6. The predicted octanol–water partition coefficient (Wildman–Crippen LogP) is 1.64. The van der Waals surface area contributed by atoms with Crippen LogP contribution in [-0.2, 0) is 20.2 Å². The van der Waals surface area contributed by atoms with E-state index in [0.717, 1.165) is 30.3 Å². The number of anilines is 1. The molecule has 0 spiro atoms. The molecular formula is C16H10N4O11S2. The van der Waals surface area contributed by atoms with Crippen molar-refractivity contribution in [2.75, 3.05) is 5.43 Å². The van der Waals surface area contributed by atoms with E-state index in [4.69, 9.17) is 4.55 Å². The molecule has 0 aliphatic heterocycles. The zero-order chi connectivity index (χ0) is 24.7. The van der Waals surface area contributed by atoms with E-state index in [0.29, 0.717) is 12.1 Å². The Bertz CT molecular complexity index is 1510. The van der Waals surface area contributed by atoms with Crippen molar-refractivity contribution in [3.63, 3.8) is 0 Å². The number of hydrazone groups is 1. The number of fused-ring (bicyclic) bond motifs is 1. The van der Waals surface area contributed by atoms with E-state index in [2.05, 4.69) is 10.5 Å². The van der Waals surface area contributed by atoms with Crippen LogP contribution in [0.1, 0.15) is 15.9 Å². The summed E-state index contributed by atoms with van der Waals surface area (Å²) >= 11 is 0. The van der Waals surface area contributed by atoms with Gasteiger partial charge in [0.05, 0.1) is 20.8 Å². The molecular weight excluding hydrogens is 488 g/mol. The first-order valence-corrected chi connectivity index (χ1v) is 11.2. The van der Waals surface area contributed by atoms with Gasteiger partial charge in [-0.25, -0.2) is 0 Å². The summed E-state index contributed by atoms with van der Waals surface area (Å²) in [6.45, 7) is 0. The monoisotopic (exact) mass is 498 g/mol. The second-order valence-corrected chi connectivity index (χ2v) is 9.14. The molecule has 15 nitrogen and oxygen atoms in total. The number of benzene rings is 2. The fourth-order valence-corrected chi connectivity index (χ4v) is 3.95. The number of non-ortho nitro benzene ring substituents is 1. The summed E-state index contributed by atoms with van der Waals surface area (Å²) < 4.78 is 64.9. The predicted molar refractivity (Wildman–Crippen MR) is 111 cm³/mol. The number of allylic oxidation sites excluding steroid dienone is 1. The van der Waals surface area contributed by atoms with Gasteiger partial charge >= 0.3 is 5.69 Å². The van der Waals surface area contributed by atoms with Crippen LogP contribution in [0.5, 0.6) is 0 Å². The van der Waals surface area contributed by atoms with Crippen LogP contribution in [0, 0.1) is 20.2 Å². The van der Waals surface area contributed by atoms with Crippen molar-refractivity contribution in [1.29, 1.82) is 0 Å². The minimum Gasteiger partial charge on any atom is -0.287 e. The minimum absolute atomic E-state index is 0.256. The number of Topliss-reactive ketones (excluding diaryl/α,β-unsaturated/α-hetero) is 1. The normalized spacial score (nSPS) is 15.0. The van der Waals surface area contributed by atoms with Crippen molar-refractivity contribution >= 4 is 54.9 Å². The maximum absolute atomic E-state index is 12.8. The summed E-state index contributed by atoms with van der Waals surface area (Å²) in [6, 6.07) is 5.02. The van der Waals surface area contributed by atoms with Crippen molar-refractivity contribution in [3.05, 3.63) is 72.7 Å². The number of ketones is 1. The number of hydrogen-bond acceptors (Lipinski definition) is 11. The van der Waals surface area contributed by atoms with Crippen molar-refractivity contribution in [3.8, 4) is 0 Å². The second kappa shape index (κ2) is 8.13. The van der Waals surface area contributed by atoms with Crippen LogP contribution in [0.15, 0.2) is 51.3 Å². The summed E-state index contributed by atoms with van der Waals surface area (Å²) in [4.78, 5) is 31.3. The zero-order valence-corrected chi connectivity index (χ0v) is 17.4. The number of carbonyl (C=O) groups is 1. The highest BCUT2D eigenvalue weighted by atomic mass is 32.2. The Labute approximate surface area is 183 Å². The lowest BCUT2D eigenvalue weighted by Crippen LogP contribution is -2.27. The molecule has 3 rings (SSSR count). The Balaban J connectivity index is 2.14. The summed E-state index contributed by atoms with van der Waals surface area (Å²) in [5, 5.41) is 25.6. The van der Waals surface area contributed by atoms with E-state index >= 15 is 0 Å². The molecule has 0 heterocycles. The SMILES string of the molecule is O=C1/C(=N\Nc2ccc([N+](=O)[O-])cc2[N+](=O)[O-])C(S(=O)(=O)O)=Cc2cc(S(=O)(=O)O)ccc21. The van der Waals surface area contributed by atoms with Gasteiger partial charge in [0.1, 0.15) is 10.6 Å². The third-order valence-corrected chi connectivity index (χ3v) is 5.97. The standard InChI is InChI=1S/C16H10N4O11S2/c21-16-11-3-2-10(32(26,27)28)5-8(11)6-14(33(29,30)31)15(16)18-17-12-4-1-9(19(22)23)7-13(12)20(24)25/h1-7,17H,(H,26,27,28)(H,29,30,31)/b18-15-. The van der Waals surface area contributed by atoms with E-state index in [1.807, 2.05) is 0 Å². The third-order valence-electron chi connectivity index (χ3n) is 4.26. The highest BCUT2D eigenvalue weighted by Gasteiger charge is 2.34. The largest absolute Gasteiger partial charge is 0.301 e. The highest BCUT2D eigenvalue weighted by Crippen LogP contribution is 2.31. The topological polar surface area (TPSA) is 236 Å². The molecule has 0 saturated carbocycles. The molecule has 1 aliphatic carbocycles. The Morgan fingerprint density at radius 1 is 0.909 bits per heavy atom. The van der Waals surface area contributed by atoms with Crippen LogP contribution in [0.2, 0.25) is 0 Å². The van der Waals surface area contributed by atoms with Crippen molar-refractivity contribution < 1.29 is 40.6 Å². The van der Waals surface area contributed by atoms with Gasteiger partial charge in [-0.2, -0.15) is 21.9 Å². The summed E-state index contributed by atoms with van der Waals surface area (Å²) in [7, 11) is -9.81. The first-order valence-electron chi connectivity index (χ1n) is 8.32. The molecule has 1 aliphatic rings. The Morgan fingerprint density at radius 2 is 1.58 bits per heavy atom. The molecule has 33 heavy (non-hydrogen) atoms. The Morgan fingerprint density at radius 3 is 2.12 bits per heavy atom. The van der Waals surface area contributed by atoms with Crippen molar-refractivity contribution in [2.45, 2.75) is 4.90 Å². The van der Waals surface area contributed by atoms with Crippen LogP contribution < -0.4 is 5.43 Å². The van der Waals surface area contributed by atoms with Gasteiger partial charge in [0.15, 0.2) is 5.71 Å². The number of nitro benzene ring substituents is 2. The van der Waals surface area contributed by atoms with Crippen molar-refractivity contribution in [2.24, 2.45) is 5.10 Å².